The van der Waals surface area contributed by atoms with Crippen molar-refractivity contribution in [1.82, 2.24) is 4.90 Å². The number of anilines is 1. The van der Waals surface area contributed by atoms with Crippen molar-refractivity contribution in [3.8, 4) is 5.75 Å². The van der Waals surface area contributed by atoms with Crippen molar-refractivity contribution < 1.29 is 23.5 Å². The summed E-state index contributed by atoms with van der Waals surface area (Å²) in [5.41, 5.74) is 4.63. The Hall–Kier alpha value is -3.74. The molecule has 6 nitrogen and oxygen atoms in total. The Labute approximate surface area is 209 Å². The van der Waals surface area contributed by atoms with Gasteiger partial charge in [-0.05, 0) is 62.4 Å². The summed E-state index contributed by atoms with van der Waals surface area (Å²) in [4.78, 5) is 40.7. The minimum absolute atomic E-state index is 0.0994. The third kappa shape index (κ3) is 4.45. The summed E-state index contributed by atoms with van der Waals surface area (Å²) >= 11 is 0. The number of carbonyl (C=O) groups excluding carboxylic acids is 3. The number of halogens is 1. The van der Waals surface area contributed by atoms with Gasteiger partial charge in [-0.1, -0.05) is 24.3 Å². The first-order chi connectivity index (χ1) is 17.5. The van der Waals surface area contributed by atoms with Crippen LogP contribution in [-0.2, 0) is 14.4 Å². The van der Waals surface area contributed by atoms with Crippen LogP contribution in [0.5, 0.6) is 5.75 Å². The van der Waals surface area contributed by atoms with Gasteiger partial charge in [-0.3, -0.25) is 14.4 Å². The Balaban J connectivity index is 1.39. The van der Waals surface area contributed by atoms with Gasteiger partial charge in [-0.25, -0.2) is 4.39 Å². The molecule has 7 heteroatoms. The van der Waals surface area contributed by atoms with E-state index >= 15 is 0 Å². The number of Topliss-reactive ketones (excluding diaryl/α,β-unsaturated/α-hetero) is 2. The summed E-state index contributed by atoms with van der Waals surface area (Å²) in [6.07, 6.45) is 4.35. The summed E-state index contributed by atoms with van der Waals surface area (Å²) in [7, 11) is 0. The lowest BCUT2D eigenvalue weighted by molar-refractivity contribution is -0.118. The molecule has 186 valence electrons. The third-order valence-electron chi connectivity index (χ3n) is 7.13. The van der Waals surface area contributed by atoms with E-state index in [2.05, 4.69) is 17.1 Å². The third-order valence-corrected chi connectivity index (χ3v) is 7.13. The quantitative estimate of drug-likeness (QED) is 0.599. The van der Waals surface area contributed by atoms with Crippen LogP contribution in [0.2, 0.25) is 0 Å². The lowest BCUT2D eigenvalue weighted by Gasteiger charge is -2.43. The molecule has 1 aliphatic heterocycles. The zero-order valence-electron chi connectivity index (χ0n) is 20.3. The highest BCUT2D eigenvalue weighted by Crippen LogP contribution is 2.49. The summed E-state index contributed by atoms with van der Waals surface area (Å²) in [6.45, 7) is 2.54. The molecule has 36 heavy (non-hydrogen) atoms. The maximum Gasteiger partial charge on any atom is 0.262 e. The first kappa shape index (κ1) is 24.0. The van der Waals surface area contributed by atoms with Crippen molar-refractivity contribution in [3.05, 3.63) is 82.5 Å². The number of nitrogens with one attached hydrogen (secondary N) is 1. The molecule has 3 aliphatic rings. The zero-order chi connectivity index (χ0) is 25.2. The molecular formula is C29H29FN2O4. The number of hydrogen-bond donors (Lipinski definition) is 1. The fraction of sp³-hybridized carbons (Fsp3) is 0.345. The highest BCUT2D eigenvalue weighted by Gasteiger charge is 2.42. The number of para-hydroxylation sites is 1. The molecule has 0 spiro atoms. The van der Waals surface area contributed by atoms with Gasteiger partial charge in [0, 0.05) is 47.8 Å². The molecule has 0 atom stereocenters. The van der Waals surface area contributed by atoms with E-state index in [9.17, 15) is 18.8 Å². The first-order valence-corrected chi connectivity index (χ1v) is 12.5. The van der Waals surface area contributed by atoms with Crippen LogP contribution in [0.3, 0.4) is 0 Å². The van der Waals surface area contributed by atoms with Crippen molar-refractivity contribution in [2.75, 3.05) is 18.5 Å². The zero-order valence-corrected chi connectivity index (χ0v) is 20.3. The van der Waals surface area contributed by atoms with E-state index in [0.717, 1.165) is 60.3 Å². The molecule has 0 fully saturated rings. The number of allylic oxidation sites excluding steroid dienone is 4. The van der Waals surface area contributed by atoms with Crippen molar-refractivity contribution in [2.45, 2.75) is 51.4 Å². The van der Waals surface area contributed by atoms with Gasteiger partial charge in [-0.15, -0.1) is 0 Å². The molecule has 0 saturated carbocycles. The van der Waals surface area contributed by atoms with Crippen LogP contribution >= 0.6 is 0 Å². The lowest BCUT2D eigenvalue weighted by Crippen LogP contribution is -2.39. The molecule has 1 N–H and O–H groups in total. The van der Waals surface area contributed by atoms with Crippen molar-refractivity contribution in [2.24, 2.45) is 0 Å². The molecule has 0 radical (unpaired) electrons. The van der Waals surface area contributed by atoms with Gasteiger partial charge in [0.1, 0.15) is 11.6 Å². The van der Waals surface area contributed by atoms with Crippen LogP contribution in [0.4, 0.5) is 10.1 Å². The molecule has 2 aromatic carbocycles. The predicted molar refractivity (Wildman–Crippen MR) is 134 cm³/mol. The second kappa shape index (κ2) is 10.1. The van der Waals surface area contributed by atoms with E-state index in [-0.39, 0.29) is 29.8 Å². The average Bonchev–Trinajstić information content (AvgIpc) is 2.88. The highest BCUT2D eigenvalue weighted by molar-refractivity contribution is 6.06. The van der Waals surface area contributed by atoms with Crippen LogP contribution < -0.4 is 10.1 Å². The number of ether oxygens (including phenoxy) is 1. The Bertz CT molecular complexity index is 1230. The van der Waals surface area contributed by atoms with Crippen molar-refractivity contribution >= 4 is 23.2 Å². The minimum atomic E-state index is -0.513. The molecule has 0 unspecified atom stereocenters. The Morgan fingerprint density at radius 1 is 0.944 bits per heavy atom. The van der Waals surface area contributed by atoms with Crippen molar-refractivity contribution in [1.29, 1.82) is 0 Å². The number of rotatable bonds is 6. The van der Waals surface area contributed by atoms with Gasteiger partial charge < -0.3 is 15.0 Å². The van der Waals surface area contributed by atoms with Crippen LogP contribution in [0.15, 0.2) is 71.1 Å². The lowest BCUT2D eigenvalue weighted by atomic mass is 9.71. The van der Waals surface area contributed by atoms with Gasteiger partial charge >= 0.3 is 0 Å². The fourth-order valence-corrected chi connectivity index (χ4v) is 5.59. The normalized spacial score (nSPS) is 18.2. The number of amides is 1. The number of carbonyl (C=O) groups is 3. The molecule has 0 aromatic heterocycles. The van der Waals surface area contributed by atoms with E-state index in [1.165, 1.54) is 12.1 Å². The summed E-state index contributed by atoms with van der Waals surface area (Å²) in [6, 6.07) is 13.2. The number of benzene rings is 2. The number of hydrogen-bond acceptors (Lipinski definition) is 5. The SMILES string of the molecule is CCN1C2=C(C(=O)CCC2)C(c2ccc(OCC(=O)Nc3ccccc3F)cc2)C2=C1CCCC2=O. The molecule has 2 aliphatic carbocycles. The van der Waals surface area contributed by atoms with Crippen LogP contribution in [0.1, 0.15) is 56.9 Å². The van der Waals surface area contributed by atoms with E-state index in [1.54, 1.807) is 24.3 Å². The Morgan fingerprint density at radius 2 is 1.56 bits per heavy atom. The number of ketones is 2. The molecule has 0 bridgehead atoms. The fourth-order valence-electron chi connectivity index (χ4n) is 5.59. The number of nitrogens with zero attached hydrogens (tertiary/aromatic N) is 1. The van der Waals surface area contributed by atoms with Crippen molar-refractivity contribution in [3.63, 3.8) is 0 Å². The minimum Gasteiger partial charge on any atom is -0.484 e. The van der Waals surface area contributed by atoms with Gasteiger partial charge in [0.15, 0.2) is 18.2 Å². The Kier molecular flexibility index (Phi) is 6.72. The molecular weight excluding hydrogens is 459 g/mol. The summed E-state index contributed by atoms with van der Waals surface area (Å²) < 4.78 is 19.4. The van der Waals surface area contributed by atoms with Crippen LogP contribution in [0, 0.1) is 5.82 Å². The van der Waals surface area contributed by atoms with Crippen LogP contribution in [0.25, 0.3) is 0 Å². The molecule has 1 heterocycles. The first-order valence-electron chi connectivity index (χ1n) is 12.5. The standard InChI is InChI=1S/C29H29FN2O4/c1-2-32-22-9-5-11-24(33)28(22)27(29-23(32)10-6-12-25(29)34)18-13-15-19(16-14-18)36-17-26(35)31-21-8-4-3-7-20(21)30/h3-4,7-8,13-16,27H,2,5-6,9-12,17H2,1H3,(H,31,35). The molecule has 1 amide bonds. The Morgan fingerprint density at radius 3 is 2.14 bits per heavy atom. The van der Waals surface area contributed by atoms with Gasteiger partial charge in [0.2, 0.25) is 0 Å². The van der Waals surface area contributed by atoms with Gasteiger partial charge in [0.25, 0.3) is 5.91 Å². The molecule has 2 aromatic rings. The van der Waals surface area contributed by atoms with E-state index in [4.69, 9.17) is 4.74 Å². The highest BCUT2D eigenvalue weighted by atomic mass is 19.1. The van der Waals surface area contributed by atoms with Crippen LogP contribution in [-0.4, -0.2) is 35.5 Å². The molecule has 0 saturated heterocycles. The van der Waals surface area contributed by atoms with Gasteiger partial charge in [0.05, 0.1) is 5.69 Å². The van der Waals surface area contributed by atoms with E-state index in [1.807, 2.05) is 12.1 Å². The second-order valence-corrected chi connectivity index (χ2v) is 9.34. The topological polar surface area (TPSA) is 75.7 Å². The predicted octanol–water partition coefficient (Wildman–Crippen LogP) is 5.28. The summed E-state index contributed by atoms with van der Waals surface area (Å²) in [5, 5.41) is 2.49. The average molecular weight is 489 g/mol. The monoisotopic (exact) mass is 488 g/mol. The van der Waals surface area contributed by atoms with E-state index < -0.39 is 11.7 Å². The summed E-state index contributed by atoms with van der Waals surface area (Å²) in [5.74, 6) is -0.634. The second-order valence-electron chi connectivity index (χ2n) is 9.34. The smallest absolute Gasteiger partial charge is 0.262 e. The van der Waals surface area contributed by atoms with E-state index in [0.29, 0.717) is 18.6 Å². The maximum atomic E-state index is 13.8. The largest absolute Gasteiger partial charge is 0.484 e. The molecule has 5 rings (SSSR count). The maximum absolute atomic E-state index is 13.8. The van der Waals surface area contributed by atoms with Gasteiger partial charge in [-0.2, -0.15) is 0 Å².